The molecule has 1 aromatic rings. The van der Waals surface area contributed by atoms with Crippen molar-refractivity contribution in [1.29, 1.82) is 0 Å². The molecular weight excluding hydrogens is 318 g/mol. The largest absolute Gasteiger partial charge is 0.367 e. The number of hydrogen-bond acceptors (Lipinski definition) is 5. The Hall–Kier alpha value is -0.880. The highest BCUT2D eigenvalue weighted by Gasteiger charge is 2.35. The van der Waals surface area contributed by atoms with Crippen molar-refractivity contribution in [3.05, 3.63) is 10.7 Å². The van der Waals surface area contributed by atoms with Crippen LogP contribution >= 0.6 is 15.9 Å². The predicted octanol–water partition coefficient (Wildman–Crippen LogP) is 2.96. The molecule has 20 heavy (non-hydrogen) atoms. The van der Waals surface area contributed by atoms with Crippen molar-refractivity contribution in [1.82, 2.24) is 14.9 Å². The molecule has 1 aliphatic rings. The van der Waals surface area contributed by atoms with Crippen molar-refractivity contribution in [3.8, 4) is 0 Å². The summed E-state index contributed by atoms with van der Waals surface area (Å²) in [6, 6.07) is 0. The Morgan fingerprint density at radius 1 is 1.30 bits per heavy atom. The summed E-state index contributed by atoms with van der Waals surface area (Å²) < 4.78 is 0.908. The second-order valence-electron chi connectivity index (χ2n) is 5.60. The van der Waals surface area contributed by atoms with Crippen molar-refractivity contribution in [2.75, 3.05) is 37.8 Å². The second kappa shape index (κ2) is 6.72. The zero-order valence-corrected chi connectivity index (χ0v) is 14.1. The van der Waals surface area contributed by atoms with E-state index in [1.165, 1.54) is 25.7 Å². The molecule has 0 atom stereocenters. The van der Waals surface area contributed by atoms with Crippen molar-refractivity contribution < 1.29 is 0 Å². The summed E-state index contributed by atoms with van der Waals surface area (Å²) in [7, 11) is 4.35. The quantitative estimate of drug-likeness (QED) is 0.833. The lowest BCUT2D eigenvalue weighted by molar-refractivity contribution is 0.172. The van der Waals surface area contributed by atoms with Gasteiger partial charge in [-0.2, -0.15) is 4.98 Å². The van der Waals surface area contributed by atoms with E-state index in [4.69, 9.17) is 0 Å². The average Bonchev–Trinajstić information content (AvgIpc) is 2.90. The van der Waals surface area contributed by atoms with E-state index in [1.807, 2.05) is 6.92 Å². The number of nitrogens with zero attached hydrogens (tertiary/aromatic N) is 3. The zero-order chi connectivity index (χ0) is 14.6. The minimum absolute atomic E-state index is 0.253. The highest BCUT2D eigenvalue weighted by atomic mass is 79.9. The SMILES string of the molecule is CCNc1ncc(Br)c(NCC2(N(C)C)CCCC2)n1. The summed E-state index contributed by atoms with van der Waals surface area (Å²) >= 11 is 3.52. The molecule has 0 amide bonds. The number of likely N-dealkylation sites (N-methyl/N-ethyl adjacent to an activating group) is 1. The summed E-state index contributed by atoms with van der Waals surface area (Å²) in [5, 5.41) is 6.64. The van der Waals surface area contributed by atoms with Gasteiger partial charge in [-0.25, -0.2) is 4.98 Å². The van der Waals surface area contributed by atoms with Gasteiger partial charge in [0.15, 0.2) is 0 Å². The van der Waals surface area contributed by atoms with Crippen LogP contribution in [0.2, 0.25) is 0 Å². The molecule has 0 radical (unpaired) electrons. The molecule has 1 heterocycles. The molecule has 1 aromatic heterocycles. The van der Waals surface area contributed by atoms with Crippen molar-refractivity contribution in [3.63, 3.8) is 0 Å². The first-order valence-corrected chi connectivity index (χ1v) is 8.04. The minimum Gasteiger partial charge on any atom is -0.367 e. The summed E-state index contributed by atoms with van der Waals surface area (Å²) in [5.74, 6) is 1.53. The Bertz CT molecular complexity index is 443. The van der Waals surface area contributed by atoms with Gasteiger partial charge in [-0.1, -0.05) is 12.8 Å². The molecule has 5 nitrogen and oxygen atoms in total. The van der Waals surface area contributed by atoms with Crippen molar-refractivity contribution >= 4 is 27.7 Å². The van der Waals surface area contributed by atoms with Crippen LogP contribution in [0.5, 0.6) is 0 Å². The first-order valence-electron chi connectivity index (χ1n) is 7.25. The summed E-state index contributed by atoms with van der Waals surface area (Å²) in [5.41, 5.74) is 0.253. The van der Waals surface area contributed by atoms with E-state index in [1.54, 1.807) is 6.20 Å². The van der Waals surface area contributed by atoms with Gasteiger partial charge in [-0.15, -0.1) is 0 Å². The van der Waals surface area contributed by atoms with Gasteiger partial charge in [0.05, 0.1) is 4.47 Å². The Kier molecular flexibility index (Phi) is 5.21. The van der Waals surface area contributed by atoms with Crippen LogP contribution in [0.25, 0.3) is 0 Å². The van der Waals surface area contributed by atoms with Crippen LogP contribution in [0.1, 0.15) is 32.6 Å². The van der Waals surface area contributed by atoms with E-state index in [-0.39, 0.29) is 5.54 Å². The van der Waals surface area contributed by atoms with Crippen LogP contribution in [0.15, 0.2) is 10.7 Å². The molecule has 0 aromatic carbocycles. The fraction of sp³-hybridized carbons (Fsp3) is 0.714. The first-order chi connectivity index (χ1) is 9.57. The molecule has 0 bridgehead atoms. The standard InChI is InChI=1S/C14H24BrN5/c1-4-16-13-17-9-11(15)12(19-13)18-10-14(20(2)3)7-5-6-8-14/h9H,4-8,10H2,1-3H3,(H2,16,17,18,19). The highest BCUT2D eigenvalue weighted by molar-refractivity contribution is 9.10. The third-order valence-corrected chi connectivity index (χ3v) is 4.73. The number of aromatic nitrogens is 2. The molecule has 0 saturated heterocycles. The molecule has 0 aliphatic heterocycles. The van der Waals surface area contributed by atoms with Crippen molar-refractivity contribution in [2.45, 2.75) is 38.1 Å². The van der Waals surface area contributed by atoms with Crippen LogP contribution in [-0.2, 0) is 0 Å². The molecular formula is C14H24BrN5. The highest BCUT2D eigenvalue weighted by Crippen LogP contribution is 2.34. The molecule has 1 saturated carbocycles. The van der Waals surface area contributed by atoms with Gasteiger partial charge in [0.2, 0.25) is 5.95 Å². The molecule has 2 rings (SSSR count). The molecule has 0 spiro atoms. The Balaban J connectivity index is 2.07. The molecule has 2 N–H and O–H groups in total. The minimum atomic E-state index is 0.253. The maximum absolute atomic E-state index is 4.51. The third-order valence-electron chi connectivity index (χ3n) is 4.15. The van der Waals surface area contributed by atoms with E-state index >= 15 is 0 Å². The van der Waals surface area contributed by atoms with Crippen LogP contribution in [0.3, 0.4) is 0 Å². The van der Waals surface area contributed by atoms with Gasteiger partial charge in [0.25, 0.3) is 0 Å². The van der Waals surface area contributed by atoms with Gasteiger partial charge in [0, 0.05) is 24.8 Å². The van der Waals surface area contributed by atoms with E-state index in [2.05, 4.69) is 55.5 Å². The third kappa shape index (κ3) is 3.41. The number of rotatable bonds is 6. The number of anilines is 2. The van der Waals surface area contributed by atoms with Crippen LogP contribution in [-0.4, -0.2) is 47.6 Å². The monoisotopic (exact) mass is 341 g/mol. The van der Waals surface area contributed by atoms with E-state index in [0.29, 0.717) is 5.95 Å². The molecule has 1 aliphatic carbocycles. The summed E-state index contributed by atoms with van der Waals surface area (Å²) in [6.45, 7) is 3.78. The first kappa shape index (κ1) is 15.5. The Morgan fingerprint density at radius 2 is 2.00 bits per heavy atom. The van der Waals surface area contributed by atoms with Crippen molar-refractivity contribution in [2.24, 2.45) is 0 Å². The number of halogens is 1. The topological polar surface area (TPSA) is 53.1 Å². The van der Waals surface area contributed by atoms with E-state index in [0.717, 1.165) is 23.4 Å². The normalized spacial score (nSPS) is 17.4. The van der Waals surface area contributed by atoms with Gasteiger partial charge in [0.1, 0.15) is 5.82 Å². The molecule has 6 heteroatoms. The zero-order valence-electron chi connectivity index (χ0n) is 12.5. The summed E-state index contributed by atoms with van der Waals surface area (Å²) in [6.07, 6.45) is 6.91. The van der Waals surface area contributed by atoms with Crippen LogP contribution in [0.4, 0.5) is 11.8 Å². The molecule has 112 valence electrons. The lowest BCUT2D eigenvalue weighted by atomic mass is 9.96. The predicted molar refractivity (Wildman–Crippen MR) is 87.3 cm³/mol. The lowest BCUT2D eigenvalue weighted by Crippen LogP contribution is -2.47. The Labute approximate surface area is 129 Å². The molecule has 1 fully saturated rings. The smallest absolute Gasteiger partial charge is 0.224 e. The maximum Gasteiger partial charge on any atom is 0.224 e. The van der Waals surface area contributed by atoms with Gasteiger partial charge < -0.3 is 15.5 Å². The summed E-state index contributed by atoms with van der Waals surface area (Å²) in [4.78, 5) is 11.1. The number of hydrogen-bond donors (Lipinski definition) is 2. The fourth-order valence-corrected chi connectivity index (χ4v) is 3.13. The Morgan fingerprint density at radius 3 is 2.60 bits per heavy atom. The van der Waals surface area contributed by atoms with Gasteiger partial charge in [-0.05, 0) is 49.8 Å². The fourth-order valence-electron chi connectivity index (χ4n) is 2.80. The second-order valence-corrected chi connectivity index (χ2v) is 6.45. The van der Waals surface area contributed by atoms with Gasteiger partial charge >= 0.3 is 0 Å². The van der Waals surface area contributed by atoms with E-state index < -0.39 is 0 Å². The average molecular weight is 342 g/mol. The van der Waals surface area contributed by atoms with E-state index in [9.17, 15) is 0 Å². The van der Waals surface area contributed by atoms with Crippen LogP contribution in [0, 0.1) is 0 Å². The molecule has 0 unspecified atom stereocenters. The maximum atomic E-state index is 4.51. The van der Waals surface area contributed by atoms with Crippen LogP contribution < -0.4 is 10.6 Å². The number of nitrogens with one attached hydrogen (secondary N) is 2. The van der Waals surface area contributed by atoms with Gasteiger partial charge in [-0.3, -0.25) is 0 Å². The lowest BCUT2D eigenvalue weighted by Gasteiger charge is -2.36.